The third-order valence-electron chi connectivity index (χ3n) is 2.72. The van der Waals surface area contributed by atoms with Crippen molar-refractivity contribution in [2.45, 2.75) is 0 Å². The first kappa shape index (κ1) is 15.1. The number of hydrogen-bond acceptors (Lipinski definition) is 4. The molecule has 0 aliphatic heterocycles. The molecule has 2 rings (SSSR count). The van der Waals surface area contributed by atoms with Gasteiger partial charge in [-0.05, 0) is 46.3 Å². The van der Waals surface area contributed by atoms with Crippen molar-refractivity contribution < 1.29 is 14.6 Å². The van der Waals surface area contributed by atoms with Crippen LogP contribution in [0.2, 0.25) is 0 Å². The molecule has 0 aromatic heterocycles. The van der Waals surface area contributed by atoms with E-state index in [9.17, 15) is 9.90 Å². The minimum Gasteiger partial charge on any atom is -0.507 e. The second kappa shape index (κ2) is 6.90. The largest absolute Gasteiger partial charge is 0.507 e. The molecule has 21 heavy (non-hydrogen) atoms. The molecule has 0 saturated carbocycles. The Morgan fingerprint density at radius 2 is 2.10 bits per heavy atom. The quantitative estimate of drug-likeness (QED) is 0.659. The summed E-state index contributed by atoms with van der Waals surface area (Å²) >= 11 is 3.31. The van der Waals surface area contributed by atoms with Gasteiger partial charge in [0.05, 0.1) is 17.8 Å². The summed E-state index contributed by atoms with van der Waals surface area (Å²) in [5, 5.41) is 13.4. The van der Waals surface area contributed by atoms with Crippen LogP contribution in [0, 0.1) is 0 Å². The Bertz CT molecular complexity index is 686. The number of amides is 1. The van der Waals surface area contributed by atoms with Crippen LogP contribution in [0.1, 0.15) is 15.9 Å². The first-order valence-electron chi connectivity index (χ1n) is 6.06. The van der Waals surface area contributed by atoms with Crippen LogP contribution >= 0.6 is 15.9 Å². The zero-order valence-electron chi connectivity index (χ0n) is 11.2. The Morgan fingerprint density at radius 3 is 2.76 bits per heavy atom. The Balaban J connectivity index is 2.05. The molecule has 0 spiro atoms. The number of phenols is 1. The molecule has 0 atom stereocenters. The summed E-state index contributed by atoms with van der Waals surface area (Å²) in [6.07, 6.45) is 1.38. The summed E-state index contributed by atoms with van der Waals surface area (Å²) in [5.41, 5.74) is 3.36. The minimum atomic E-state index is -0.356. The molecule has 0 saturated heterocycles. The lowest BCUT2D eigenvalue weighted by Crippen LogP contribution is -2.17. The lowest BCUT2D eigenvalue weighted by atomic mass is 10.2. The van der Waals surface area contributed by atoms with Crippen molar-refractivity contribution in [3.05, 3.63) is 58.1 Å². The predicted octanol–water partition coefficient (Wildman–Crippen LogP) is 2.93. The van der Waals surface area contributed by atoms with Crippen LogP contribution in [0.3, 0.4) is 0 Å². The van der Waals surface area contributed by atoms with Gasteiger partial charge in [0.2, 0.25) is 0 Å². The molecule has 0 fully saturated rings. The number of halogens is 1. The normalized spacial score (nSPS) is 10.6. The first-order valence-corrected chi connectivity index (χ1v) is 6.86. The smallest absolute Gasteiger partial charge is 0.271 e. The number of carbonyl (C=O) groups is 1. The summed E-state index contributed by atoms with van der Waals surface area (Å²) in [6.45, 7) is 0. The maximum atomic E-state index is 11.9. The molecule has 1 amide bonds. The van der Waals surface area contributed by atoms with Crippen LogP contribution in [0.5, 0.6) is 11.5 Å². The van der Waals surface area contributed by atoms with Crippen molar-refractivity contribution in [1.29, 1.82) is 0 Å². The standard InChI is InChI=1S/C15H13BrN2O3/c1-21-14-7-6-10(8-12(14)16)15(20)18-17-9-11-4-2-3-5-13(11)19/h2-9,19H,1H3,(H,18,20)/b17-9+. The van der Waals surface area contributed by atoms with Crippen molar-refractivity contribution in [3.63, 3.8) is 0 Å². The minimum absolute atomic E-state index is 0.0997. The molecule has 108 valence electrons. The zero-order chi connectivity index (χ0) is 15.2. The van der Waals surface area contributed by atoms with Gasteiger partial charge < -0.3 is 9.84 Å². The molecule has 5 nitrogen and oxygen atoms in total. The molecule has 0 aliphatic rings. The Hall–Kier alpha value is -2.34. The summed E-state index contributed by atoms with van der Waals surface area (Å²) in [7, 11) is 1.55. The van der Waals surface area contributed by atoms with E-state index >= 15 is 0 Å². The van der Waals surface area contributed by atoms with E-state index in [1.165, 1.54) is 6.21 Å². The fourth-order valence-corrected chi connectivity index (χ4v) is 2.17. The van der Waals surface area contributed by atoms with Crippen molar-refractivity contribution in [2.24, 2.45) is 5.10 Å². The third kappa shape index (κ3) is 3.82. The summed E-state index contributed by atoms with van der Waals surface area (Å²) in [6, 6.07) is 11.7. The number of para-hydroxylation sites is 1. The van der Waals surface area contributed by atoms with Crippen molar-refractivity contribution in [3.8, 4) is 11.5 Å². The van der Waals surface area contributed by atoms with Gasteiger partial charge in [0.25, 0.3) is 5.91 Å². The van der Waals surface area contributed by atoms with Crippen molar-refractivity contribution in [1.82, 2.24) is 5.43 Å². The molecular weight excluding hydrogens is 336 g/mol. The second-order valence-electron chi connectivity index (χ2n) is 4.11. The molecule has 6 heteroatoms. The van der Waals surface area contributed by atoms with Gasteiger partial charge in [-0.1, -0.05) is 12.1 Å². The highest BCUT2D eigenvalue weighted by molar-refractivity contribution is 9.10. The number of ether oxygens (including phenoxy) is 1. The summed E-state index contributed by atoms with van der Waals surface area (Å²) < 4.78 is 5.78. The van der Waals surface area contributed by atoms with E-state index in [2.05, 4.69) is 26.5 Å². The molecule has 2 N–H and O–H groups in total. The second-order valence-corrected chi connectivity index (χ2v) is 4.96. The number of hydrazone groups is 1. The van der Waals surface area contributed by atoms with Gasteiger partial charge in [-0.15, -0.1) is 0 Å². The van der Waals surface area contributed by atoms with Gasteiger partial charge in [0.15, 0.2) is 0 Å². The molecule has 0 bridgehead atoms. The fraction of sp³-hybridized carbons (Fsp3) is 0.0667. The van der Waals surface area contributed by atoms with Crippen LogP contribution in [-0.2, 0) is 0 Å². The summed E-state index contributed by atoms with van der Waals surface area (Å²) in [5.74, 6) is 0.386. The number of benzene rings is 2. The van der Waals surface area contributed by atoms with Gasteiger partial charge in [-0.2, -0.15) is 5.10 Å². The number of nitrogens with zero attached hydrogens (tertiary/aromatic N) is 1. The van der Waals surface area contributed by atoms with E-state index in [0.29, 0.717) is 21.3 Å². The van der Waals surface area contributed by atoms with Crippen LogP contribution in [-0.4, -0.2) is 24.3 Å². The third-order valence-corrected chi connectivity index (χ3v) is 3.34. The van der Waals surface area contributed by atoms with Crippen LogP contribution < -0.4 is 10.2 Å². The predicted molar refractivity (Wildman–Crippen MR) is 83.9 cm³/mol. The average molecular weight is 349 g/mol. The first-order chi connectivity index (χ1) is 10.1. The van der Waals surface area contributed by atoms with Gasteiger partial charge in [0.1, 0.15) is 11.5 Å². The average Bonchev–Trinajstić information content (AvgIpc) is 2.49. The molecule has 0 aliphatic carbocycles. The number of hydrogen-bond donors (Lipinski definition) is 2. The Labute approximate surface area is 130 Å². The van der Waals surface area contributed by atoms with E-state index in [-0.39, 0.29) is 11.7 Å². The van der Waals surface area contributed by atoms with Crippen molar-refractivity contribution >= 4 is 28.1 Å². The lowest BCUT2D eigenvalue weighted by Gasteiger charge is -2.05. The van der Waals surface area contributed by atoms with Gasteiger partial charge in [-0.25, -0.2) is 5.43 Å². The molecule has 0 radical (unpaired) electrons. The molecule has 0 unspecified atom stereocenters. The Kier molecular flexibility index (Phi) is 4.94. The van der Waals surface area contributed by atoms with E-state index < -0.39 is 0 Å². The van der Waals surface area contributed by atoms with E-state index in [0.717, 1.165) is 0 Å². The van der Waals surface area contributed by atoms with Crippen molar-refractivity contribution in [2.75, 3.05) is 7.11 Å². The van der Waals surface area contributed by atoms with Gasteiger partial charge in [-0.3, -0.25) is 4.79 Å². The number of carbonyl (C=O) groups excluding carboxylic acids is 1. The maximum Gasteiger partial charge on any atom is 0.271 e. The van der Waals surface area contributed by atoms with E-state index in [1.54, 1.807) is 49.6 Å². The number of aromatic hydroxyl groups is 1. The zero-order valence-corrected chi connectivity index (χ0v) is 12.8. The number of methoxy groups -OCH3 is 1. The molecule has 2 aromatic carbocycles. The number of nitrogens with one attached hydrogen (secondary N) is 1. The highest BCUT2D eigenvalue weighted by Crippen LogP contribution is 2.25. The highest BCUT2D eigenvalue weighted by atomic mass is 79.9. The molecule has 0 heterocycles. The molecular formula is C15H13BrN2O3. The fourth-order valence-electron chi connectivity index (χ4n) is 1.63. The topological polar surface area (TPSA) is 70.9 Å². The number of phenolic OH excluding ortho intramolecular Hbond substituents is 1. The van der Waals surface area contributed by atoms with Gasteiger partial charge >= 0.3 is 0 Å². The van der Waals surface area contributed by atoms with E-state index in [4.69, 9.17) is 4.74 Å². The maximum absolute atomic E-state index is 11.9. The van der Waals surface area contributed by atoms with Gasteiger partial charge in [0, 0.05) is 11.1 Å². The van der Waals surface area contributed by atoms with Crippen LogP contribution in [0.25, 0.3) is 0 Å². The highest BCUT2D eigenvalue weighted by Gasteiger charge is 2.07. The molecule has 2 aromatic rings. The monoisotopic (exact) mass is 348 g/mol. The SMILES string of the molecule is COc1ccc(C(=O)N/N=C/c2ccccc2O)cc1Br. The van der Waals surface area contributed by atoms with Crippen LogP contribution in [0.4, 0.5) is 0 Å². The number of rotatable bonds is 4. The van der Waals surface area contributed by atoms with E-state index in [1.807, 2.05) is 0 Å². The lowest BCUT2D eigenvalue weighted by molar-refractivity contribution is 0.0955. The summed E-state index contributed by atoms with van der Waals surface area (Å²) in [4.78, 5) is 11.9. The van der Waals surface area contributed by atoms with Crippen LogP contribution in [0.15, 0.2) is 52.0 Å². The Morgan fingerprint density at radius 1 is 1.33 bits per heavy atom.